The zero-order chi connectivity index (χ0) is 25.8. The summed E-state index contributed by atoms with van der Waals surface area (Å²) >= 11 is 0. The highest BCUT2D eigenvalue weighted by Gasteiger charge is 2.79. The fourth-order valence-electron chi connectivity index (χ4n) is 8.44. The van der Waals surface area contributed by atoms with E-state index in [1.807, 2.05) is 19.1 Å². The van der Waals surface area contributed by atoms with Crippen LogP contribution in [0.25, 0.3) is 0 Å². The quantitative estimate of drug-likeness (QED) is 0.349. The van der Waals surface area contributed by atoms with Crippen molar-refractivity contribution in [2.24, 2.45) is 22.7 Å². The van der Waals surface area contributed by atoms with Crippen LogP contribution in [0, 0.1) is 22.7 Å². The Bertz CT molecular complexity index is 1080. The van der Waals surface area contributed by atoms with Gasteiger partial charge in [-0.15, -0.1) is 0 Å². The molecule has 7 nitrogen and oxygen atoms in total. The molecular formula is C28H38O7. The van der Waals surface area contributed by atoms with Crippen molar-refractivity contribution in [2.45, 2.75) is 102 Å². The Labute approximate surface area is 206 Å². The third kappa shape index (κ3) is 2.76. The Morgan fingerprint density at radius 2 is 1.83 bits per heavy atom. The van der Waals surface area contributed by atoms with E-state index in [9.17, 15) is 30.0 Å². The van der Waals surface area contributed by atoms with Gasteiger partial charge in [-0.2, -0.15) is 0 Å². The summed E-state index contributed by atoms with van der Waals surface area (Å²) in [6, 6.07) is 0. The van der Waals surface area contributed by atoms with Crippen molar-refractivity contribution in [1.29, 1.82) is 0 Å². The highest BCUT2D eigenvalue weighted by atomic mass is 16.6. The first-order valence-corrected chi connectivity index (χ1v) is 12.8. The van der Waals surface area contributed by atoms with Gasteiger partial charge in [0.1, 0.15) is 22.9 Å². The Morgan fingerprint density at radius 3 is 2.49 bits per heavy atom. The number of rotatable bonds is 2. The number of ketones is 1. The Hall–Kier alpha value is -1.80. The molecule has 2 fully saturated rings. The molecule has 192 valence electrons. The molecule has 5 rings (SSSR count). The second kappa shape index (κ2) is 7.37. The van der Waals surface area contributed by atoms with E-state index in [0.717, 1.165) is 11.1 Å². The van der Waals surface area contributed by atoms with E-state index in [2.05, 4.69) is 0 Å². The van der Waals surface area contributed by atoms with E-state index in [1.54, 1.807) is 26.8 Å². The lowest BCUT2D eigenvalue weighted by Crippen LogP contribution is -2.72. The molecule has 4 aliphatic carbocycles. The second-order valence-corrected chi connectivity index (χ2v) is 12.3. The van der Waals surface area contributed by atoms with E-state index in [4.69, 9.17) is 4.74 Å². The number of fused-ring (bicyclic) bond motifs is 5. The summed E-state index contributed by atoms with van der Waals surface area (Å²) in [7, 11) is 0. The molecule has 0 aromatic rings. The molecule has 2 saturated carbocycles. The van der Waals surface area contributed by atoms with E-state index < -0.39 is 51.7 Å². The second-order valence-electron chi connectivity index (χ2n) is 12.3. The number of hydrogen-bond acceptors (Lipinski definition) is 7. The average Bonchev–Trinajstić information content (AvgIpc) is 2.96. The van der Waals surface area contributed by atoms with Gasteiger partial charge >= 0.3 is 5.97 Å². The van der Waals surface area contributed by atoms with Gasteiger partial charge in [0.05, 0.1) is 11.5 Å². The van der Waals surface area contributed by atoms with Crippen LogP contribution in [0.4, 0.5) is 0 Å². The smallest absolute Gasteiger partial charge is 0.334 e. The SMILES string of the molecule is CC1=C(C)C(=O)OC([C@](C)(O)[C@]2(O)C[C@H](O)[C@@]3(O)[C@@H]4CC=C5CC=CC(=O)[C@]5(C)[C@H]4CC[C@@]32C)C1. The van der Waals surface area contributed by atoms with Gasteiger partial charge < -0.3 is 25.2 Å². The largest absolute Gasteiger partial charge is 0.455 e. The van der Waals surface area contributed by atoms with Crippen molar-refractivity contribution in [2.75, 3.05) is 0 Å². The molecular weight excluding hydrogens is 448 g/mol. The van der Waals surface area contributed by atoms with Crippen LogP contribution in [0.5, 0.6) is 0 Å². The van der Waals surface area contributed by atoms with Gasteiger partial charge in [-0.3, -0.25) is 4.79 Å². The highest BCUT2D eigenvalue weighted by Crippen LogP contribution is 2.70. The standard InChI is InChI=1S/C28H38O7/c1-15-13-22(35-23(31)16(15)2)26(5,32)27(33)14-21(30)28(34)19-10-9-17-7-6-8-20(29)25(17,4)18(19)11-12-24(27,28)3/h6,8-9,18-19,21-22,30,32-34H,7,10-14H2,1-5H3/t18-,19+,21-,22?,24+,25-,26-,27-,28-/m0/s1. The number of hydrogen-bond donors (Lipinski definition) is 4. The fraction of sp³-hybridized carbons (Fsp3) is 0.714. The molecule has 0 radical (unpaired) electrons. The van der Waals surface area contributed by atoms with Gasteiger partial charge in [0.15, 0.2) is 5.78 Å². The minimum Gasteiger partial charge on any atom is -0.455 e. The van der Waals surface area contributed by atoms with Gasteiger partial charge in [0.2, 0.25) is 0 Å². The molecule has 1 unspecified atom stereocenters. The third-order valence-electron chi connectivity index (χ3n) is 11.1. The van der Waals surface area contributed by atoms with Crippen LogP contribution in [0.3, 0.4) is 0 Å². The minimum atomic E-state index is -1.93. The normalized spacial score (nSPS) is 49.0. The first-order valence-electron chi connectivity index (χ1n) is 12.8. The third-order valence-corrected chi connectivity index (χ3v) is 11.1. The topological polar surface area (TPSA) is 124 Å². The lowest BCUT2D eigenvalue weighted by atomic mass is 9.44. The Balaban J connectivity index is 1.57. The van der Waals surface area contributed by atoms with Crippen molar-refractivity contribution in [1.82, 2.24) is 0 Å². The zero-order valence-electron chi connectivity index (χ0n) is 21.3. The van der Waals surface area contributed by atoms with Crippen molar-refractivity contribution < 1.29 is 34.8 Å². The Kier molecular flexibility index (Phi) is 5.24. The Morgan fingerprint density at radius 1 is 1.14 bits per heavy atom. The summed E-state index contributed by atoms with van der Waals surface area (Å²) in [5, 5.41) is 47.9. The van der Waals surface area contributed by atoms with Gasteiger partial charge in [-0.25, -0.2) is 4.79 Å². The molecule has 0 aromatic carbocycles. The maximum Gasteiger partial charge on any atom is 0.334 e. The number of allylic oxidation sites excluding steroid dienone is 4. The summed E-state index contributed by atoms with van der Waals surface area (Å²) in [6.45, 7) is 8.60. The summed E-state index contributed by atoms with van der Waals surface area (Å²) in [4.78, 5) is 25.6. The molecule has 35 heavy (non-hydrogen) atoms. The van der Waals surface area contributed by atoms with Crippen LogP contribution in [0.15, 0.2) is 34.9 Å². The van der Waals surface area contributed by atoms with Gasteiger partial charge in [0, 0.05) is 23.8 Å². The lowest BCUT2D eigenvalue weighted by molar-refractivity contribution is -0.283. The first kappa shape index (κ1) is 24.9. The predicted molar refractivity (Wildman–Crippen MR) is 128 cm³/mol. The van der Waals surface area contributed by atoms with Gasteiger partial charge in [-0.05, 0) is 71.3 Å². The molecule has 0 spiro atoms. The molecule has 0 aromatic heterocycles. The molecule has 7 heteroatoms. The zero-order valence-corrected chi connectivity index (χ0v) is 21.3. The number of ether oxygens (including phenoxy) is 1. The first-order chi connectivity index (χ1) is 16.2. The van der Waals surface area contributed by atoms with Crippen LogP contribution in [0.2, 0.25) is 0 Å². The van der Waals surface area contributed by atoms with Crippen LogP contribution >= 0.6 is 0 Å². The van der Waals surface area contributed by atoms with Crippen molar-refractivity contribution in [3.63, 3.8) is 0 Å². The summed E-state index contributed by atoms with van der Waals surface area (Å²) in [5.74, 6) is -1.19. The van der Waals surface area contributed by atoms with E-state index in [1.165, 1.54) is 6.92 Å². The average molecular weight is 487 g/mol. The van der Waals surface area contributed by atoms with Crippen molar-refractivity contribution >= 4 is 11.8 Å². The number of carbonyl (C=O) groups is 2. The van der Waals surface area contributed by atoms with Crippen LogP contribution < -0.4 is 0 Å². The van der Waals surface area contributed by atoms with Crippen LogP contribution in [-0.2, 0) is 14.3 Å². The van der Waals surface area contributed by atoms with E-state index in [-0.39, 0.29) is 24.5 Å². The molecule has 0 saturated heterocycles. The van der Waals surface area contributed by atoms with E-state index in [0.29, 0.717) is 31.3 Å². The highest BCUT2D eigenvalue weighted by molar-refractivity contribution is 5.98. The fourth-order valence-corrected chi connectivity index (χ4v) is 8.44. The van der Waals surface area contributed by atoms with Crippen molar-refractivity contribution in [3.05, 3.63) is 34.9 Å². The van der Waals surface area contributed by atoms with Gasteiger partial charge in [0.25, 0.3) is 0 Å². The molecule has 9 atom stereocenters. The van der Waals surface area contributed by atoms with Crippen LogP contribution in [0.1, 0.15) is 73.1 Å². The van der Waals surface area contributed by atoms with Gasteiger partial charge in [-0.1, -0.05) is 30.2 Å². The lowest BCUT2D eigenvalue weighted by Gasteiger charge is -2.63. The summed E-state index contributed by atoms with van der Waals surface area (Å²) in [6.07, 6.45) is 5.24. The maximum atomic E-state index is 13.1. The van der Waals surface area contributed by atoms with E-state index >= 15 is 0 Å². The maximum absolute atomic E-state index is 13.1. The monoisotopic (exact) mass is 486 g/mol. The number of esters is 1. The number of aliphatic hydroxyl groups excluding tert-OH is 1. The molecule has 5 aliphatic rings. The van der Waals surface area contributed by atoms with Crippen molar-refractivity contribution in [3.8, 4) is 0 Å². The molecule has 0 amide bonds. The number of aliphatic hydroxyl groups is 4. The number of cyclic esters (lactones) is 1. The number of carbonyl (C=O) groups excluding carboxylic acids is 2. The molecule has 1 aliphatic heterocycles. The predicted octanol–water partition coefficient (Wildman–Crippen LogP) is 2.51. The summed E-state index contributed by atoms with van der Waals surface area (Å²) in [5.41, 5.74) is -5.33. The van der Waals surface area contributed by atoms with Crippen LogP contribution in [-0.4, -0.2) is 61.2 Å². The molecule has 1 heterocycles. The molecule has 0 bridgehead atoms. The summed E-state index contributed by atoms with van der Waals surface area (Å²) < 4.78 is 5.58. The molecule has 4 N–H and O–H groups in total. The minimum absolute atomic E-state index is 0.0124.